The molecule has 1 unspecified atom stereocenters. The molecule has 2 aliphatic rings. The van der Waals surface area contributed by atoms with Crippen molar-refractivity contribution >= 4 is 6.09 Å². The van der Waals surface area contributed by atoms with Crippen LogP contribution >= 0.6 is 0 Å². The summed E-state index contributed by atoms with van der Waals surface area (Å²) in [5, 5.41) is 2.65. The molecule has 0 aromatic heterocycles. The Morgan fingerprint density at radius 3 is 1.92 bits per heavy atom. The van der Waals surface area contributed by atoms with Gasteiger partial charge in [-0.15, -0.1) is 0 Å². The molecule has 2 aliphatic heterocycles. The standard InChI is InChI=1S/C25H26F6N2O3/c1-35-21(33-10-8-23(9-11-33)15-32-22(34)36-23)14-20(16-4-2-6-18(12-16)24(26,27)28)17-5-3-7-19(13-17)25(29,30)31/h2-7,12-13,20-21H,8-11,14-15H2,1H3,(H,32,34). The molecule has 11 heteroatoms. The van der Waals surface area contributed by atoms with Gasteiger partial charge < -0.3 is 14.8 Å². The third-order valence-corrected chi connectivity index (χ3v) is 6.92. The molecular formula is C25H26F6N2O3. The van der Waals surface area contributed by atoms with Crippen molar-refractivity contribution in [1.29, 1.82) is 0 Å². The molecule has 36 heavy (non-hydrogen) atoms. The molecule has 2 fully saturated rings. The SMILES string of the molecule is COC(CC(c1cccc(C(F)(F)F)c1)c1cccc(C(F)(F)F)c1)N1CCC2(CC1)CNC(=O)O2. The Bertz CT molecular complexity index is 1020. The lowest BCUT2D eigenvalue weighted by Crippen LogP contribution is -2.50. The van der Waals surface area contributed by atoms with E-state index in [1.165, 1.54) is 31.4 Å². The van der Waals surface area contributed by atoms with Gasteiger partial charge in [-0.3, -0.25) is 4.90 Å². The maximum atomic E-state index is 13.4. The Balaban J connectivity index is 1.63. The third kappa shape index (κ3) is 5.78. The zero-order valence-electron chi connectivity index (χ0n) is 19.5. The topological polar surface area (TPSA) is 50.8 Å². The van der Waals surface area contributed by atoms with E-state index >= 15 is 0 Å². The van der Waals surface area contributed by atoms with E-state index in [9.17, 15) is 31.1 Å². The van der Waals surface area contributed by atoms with Crippen molar-refractivity contribution in [1.82, 2.24) is 10.2 Å². The van der Waals surface area contributed by atoms with Crippen molar-refractivity contribution in [3.05, 3.63) is 70.8 Å². The van der Waals surface area contributed by atoms with Crippen LogP contribution in [0.1, 0.15) is 47.4 Å². The number of carbonyl (C=O) groups excluding carboxylic acids is 1. The van der Waals surface area contributed by atoms with Crippen LogP contribution in [0.25, 0.3) is 0 Å². The van der Waals surface area contributed by atoms with Gasteiger partial charge >= 0.3 is 18.4 Å². The number of nitrogens with zero attached hydrogens (tertiary/aromatic N) is 1. The van der Waals surface area contributed by atoms with E-state index in [1.54, 1.807) is 0 Å². The summed E-state index contributed by atoms with van der Waals surface area (Å²) in [6, 6.07) is 9.31. The molecular weight excluding hydrogens is 490 g/mol. The largest absolute Gasteiger partial charge is 0.441 e. The van der Waals surface area contributed by atoms with Gasteiger partial charge in [-0.2, -0.15) is 26.3 Å². The van der Waals surface area contributed by atoms with E-state index in [2.05, 4.69) is 5.32 Å². The van der Waals surface area contributed by atoms with Crippen molar-refractivity contribution in [2.24, 2.45) is 0 Å². The van der Waals surface area contributed by atoms with Gasteiger partial charge in [-0.1, -0.05) is 36.4 Å². The molecule has 0 saturated carbocycles. The maximum Gasteiger partial charge on any atom is 0.416 e. The minimum Gasteiger partial charge on any atom is -0.441 e. The number of ether oxygens (including phenoxy) is 2. The highest BCUT2D eigenvalue weighted by atomic mass is 19.4. The van der Waals surface area contributed by atoms with Crippen LogP contribution in [-0.2, 0) is 21.8 Å². The van der Waals surface area contributed by atoms with E-state index in [0.717, 1.165) is 24.3 Å². The molecule has 5 nitrogen and oxygen atoms in total. The number of nitrogens with one attached hydrogen (secondary N) is 1. The van der Waals surface area contributed by atoms with Crippen LogP contribution in [0, 0.1) is 0 Å². The van der Waals surface area contributed by atoms with E-state index in [-0.39, 0.29) is 17.5 Å². The molecule has 4 rings (SSSR count). The highest BCUT2D eigenvalue weighted by Gasteiger charge is 2.44. The average molecular weight is 516 g/mol. The van der Waals surface area contributed by atoms with Gasteiger partial charge in [0.15, 0.2) is 0 Å². The maximum absolute atomic E-state index is 13.4. The average Bonchev–Trinajstić information content (AvgIpc) is 3.19. The number of benzene rings is 2. The van der Waals surface area contributed by atoms with Gasteiger partial charge in [0.05, 0.1) is 17.7 Å². The molecule has 1 amide bonds. The highest BCUT2D eigenvalue weighted by Crippen LogP contribution is 2.39. The van der Waals surface area contributed by atoms with Crippen LogP contribution in [0.3, 0.4) is 0 Å². The van der Waals surface area contributed by atoms with E-state index in [4.69, 9.17) is 9.47 Å². The summed E-state index contributed by atoms with van der Waals surface area (Å²) in [5.74, 6) is -0.790. The molecule has 2 saturated heterocycles. The van der Waals surface area contributed by atoms with Crippen LogP contribution in [0.5, 0.6) is 0 Å². The number of hydrogen-bond donors (Lipinski definition) is 1. The van der Waals surface area contributed by atoms with Gasteiger partial charge in [0.25, 0.3) is 0 Å². The number of hydrogen-bond acceptors (Lipinski definition) is 4. The minimum atomic E-state index is -4.59. The fourth-order valence-corrected chi connectivity index (χ4v) is 4.92. The summed E-state index contributed by atoms with van der Waals surface area (Å²) in [7, 11) is 1.46. The number of piperidine rings is 1. The molecule has 1 N–H and O–H groups in total. The van der Waals surface area contributed by atoms with Crippen LogP contribution in [0.15, 0.2) is 48.5 Å². The molecule has 2 aromatic carbocycles. The molecule has 0 radical (unpaired) electrons. The lowest BCUT2D eigenvalue weighted by molar-refractivity contribution is -0.138. The zero-order chi connectivity index (χ0) is 26.1. The van der Waals surface area contributed by atoms with Gasteiger partial charge in [0, 0.05) is 39.0 Å². The van der Waals surface area contributed by atoms with Crippen molar-refractivity contribution in [2.45, 2.75) is 49.4 Å². The molecule has 1 atom stereocenters. The lowest BCUT2D eigenvalue weighted by Gasteiger charge is -2.41. The fourth-order valence-electron chi connectivity index (χ4n) is 4.92. The zero-order valence-corrected chi connectivity index (χ0v) is 19.5. The van der Waals surface area contributed by atoms with E-state index < -0.39 is 47.3 Å². The Hall–Kier alpha value is -2.79. The summed E-state index contributed by atoms with van der Waals surface area (Å²) in [4.78, 5) is 13.5. The van der Waals surface area contributed by atoms with Gasteiger partial charge in [0.2, 0.25) is 0 Å². The number of alkyl halides is 6. The summed E-state index contributed by atoms with van der Waals surface area (Å²) < 4.78 is 91.7. The Kier molecular flexibility index (Phi) is 7.25. The molecule has 2 heterocycles. The van der Waals surface area contributed by atoms with Crippen LogP contribution in [-0.4, -0.2) is 49.6 Å². The number of methoxy groups -OCH3 is 1. The third-order valence-electron chi connectivity index (χ3n) is 6.92. The molecule has 0 bridgehead atoms. The predicted octanol–water partition coefficient (Wildman–Crippen LogP) is 5.79. The number of halogens is 6. The highest BCUT2D eigenvalue weighted by molar-refractivity contribution is 5.70. The van der Waals surface area contributed by atoms with Crippen molar-refractivity contribution < 1.29 is 40.6 Å². The quantitative estimate of drug-likeness (QED) is 0.494. The van der Waals surface area contributed by atoms with E-state index in [0.29, 0.717) is 32.5 Å². The second-order valence-electron chi connectivity index (χ2n) is 9.19. The first-order chi connectivity index (χ1) is 16.9. The number of amides is 1. The van der Waals surface area contributed by atoms with Gasteiger partial charge in [-0.25, -0.2) is 4.79 Å². The Labute approximate surface area is 204 Å². The molecule has 0 aliphatic carbocycles. The minimum absolute atomic E-state index is 0.129. The van der Waals surface area contributed by atoms with Gasteiger partial charge in [-0.05, 0) is 29.7 Å². The number of likely N-dealkylation sites (tertiary alicyclic amines) is 1. The summed E-state index contributed by atoms with van der Waals surface area (Å²) >= 11 is 0. The van der Waals surface area contributed by atoms with Crippen molar-refractivity contribution in [3.63, 3.8) is 0 Å². The second kappa shape index (κ2) is 9.93. The molecule has 1 spiro atoms. The first kappa shape index (κ1) is 26.3. The second-order valence-corrected chi connectivity index (χ2v) is 9.19. The first-order valence-electron chi connectivity index (χ1n) is 11.5. The fraction of sp³-hybridized carbons (Fsp3) is 0.480. The summed E-state index contributed by atoms with van der Waals surface area (Å²) in [6.45, 7) is 1.38. The summed E-state index contributed by atoms with van der Waals surface area (Å²) in [5.41, 5.74) is -1.86. The predicted molar refractivity (Wildman–Crippen MR) is 118 cm³/mol. The first-order valence-corrected chi connectivity index (χ1v) is 11.5. The normalized spacial score (nSPS) is 19.4. The molecule has 2 aromatic rings. The van der Waals surface area contributed by atoms with Crippen molar-refractivity contribution in [3.8, 4) is 0 Å². The van der Waals surface area contributed by atoms with Crippen LogP contribution in [0.2, 0.25) is 0 Å². The van der Waals surface area contributed by atoms with Gasteiger partial charge in [0.1, 0.15) is 11.8 Å². The van der Waals surface area contributed by atoms with Crippen molar-refractivity contribution in [2.75, 3.05) is 26.7 Å². The summed E-state index contributed by atoms with van der Waals surface area (Å²) in [6.07, 6.45) is -9.05. The number of rotatable bonds is 6. The smallest absolute Gasteiger partial charge is 0.416 e. The monoisotopic (exact) mass is 516 g/mol. The number of alkyl carbamates (subject to hydrolysis) is 1. The molecule has 196 valence electrons. The lowest BCUT2D eigenvalue weighted by atomic mass is 9.85. The number of carbonyl (C=O) groups is 1. The Morgan fingerprint density at radius 1 is 0.972 bits per heavy atom. The van der Waals surface area contributed by atoms with Crippen LogP contribution in [0.4, 0.5) is 31.1 Å². The van der Waals surface area contributed by atoms with E-state index in [1.807, 2.05) is 4.90 Å². The Morgan fingerprint density at radius 2 is 1.50 bits per heavy atom. The van der Waals surface area contributed by atoms with Crippen LogP contribution < -0.4 is 5.32 Å².